The highest BCUT2D eigenvalue weighted by atomic mass is 35.5. The van der Waals surface area contributed by atoms with Crippen LogP contribution in [0.25, 0.3) is 11.3 Å². The highest BCUT2D eigenvalue weighted by Crippen LogP contribution is 2.44. The second-order valence-electron chi connectivity index (χ2n) is 9.48. The van der Waals surface area contributed by atoms with E-state index < -0.39 is 21.3 Å². The Morgan fingerprint density at radius 3 is 2.61 bits per heavy atom. The molecule has 1 unspecified atom stereocenters. The number of hydrogen-bond acceptors (Lipinski definition) is 6. The lowest BCUT2D eigenvalue weighted by Crippen LogP contribution is -2.41. The average Bonchev–Trinajstić information content (AvgIpc) is 2.85. The van der Waals surface area contributed by atoms with E-state index in [1.54, 1.807) is 24.4 Å². The maximum Gasteiger partial charge on any atom is 0.244 e. The van der Waals surface area contributed by atoms with Crippen LogP contribution in [-0.4, -0.2) is 62.5 Å². The van der Waals surface area contributed by atoms with Gasteiger partial charge in [-0.2, -0.15) is 0 Å². The summed E-state index contributed by atoms with van der Waals surface area (Å²) in [7, 11) is -3.40. The summed E-state index contributed by atoms with van der Waals surface area (Å²) in [6.07, 6.45) is 9.83. The number of amides is 1. The van der Waals surface area contributed by atoms with Gasteiger partial charge < -0.3 is 15.4 Å². The summed E-state index contributed by atoms with van der Waals surface area (Å²) < 4.78 is 31.5. The summed E-state index contributed by atoms with van der Waals surface area (Å²) in [6.45, 7) is 3.11. The topological polar surface area (TPSA) is 103 Å². The van der Waals surface area contributed by atoms with Crippen LogP contribution >= 0.6 is 11.6 Å². The molecule has 4 rings (SSSR count). The van der Waals surface area contributed by atoms with E-state index >= 15 is 0 Å². The molecule has 1 aromatic heterocycles. The third-order valence-corrected chi connectivity index (χ3v) is 7.92. The summed E-state index contributed by atoms with van der Waals surface area (Å²) in [4.78, 5) is 19.0. The zero-order chi connectivity index (χ0) is 25.8. The van der Waals surface area contributed by atoms with Gasteiger partial charge >= 0.3 is 0 Å². The first-order valence-corrected chi connectivity index (χ1v) is 14.6. The van der Waals surface area contributed by atoms with Gasteiger partial charge in [-0.15, -0.1) is 0 Å². The van der Waals surface area contributed by atoms with Gasteiger partial charge in [0.2, 0.25) is 5.91 Å². The zero-order valence-electron chi connectivity index (χ0n) is 20.5. The quantitative estimate of drug-likeness (QED) is 0.528. The molecule has 2 N–H and O–H groups in total. The Hall–Kier alpha value is -2.52. The zero-order valence-corrected chi connectivity index (χ0v) is 22.0. The van der Waals surface area contributed by atoms with E-state index in [-0.39, 0.29) is 12.2 Å². The van der Waals surface area contributed by atoms with Gasteiger partial charge in [-0.25, -0.2) is 8.42 Å². The molecule has 36 heavy (non-hydrogen) atoms. The molecule has 0 saturated carbocycles. The monoisotopic (exact) mass is 529 g/mol. The molecule has 1 amide bonds. The van der Waals surface area contributed by atoms with Gasteiger partial charge in [0.25, 0.3) is 0 Å². The Morgan fingerprint density at radius 2 is 1.94 bits per heavy atom. The molecule has 0 bridgehead atoms. The summed E-state index contributed by atoms with van der Waals surface area (Å²) in [6, 6.07) is 11.0. The predicted octanol–water partition coefficient (Wildman–Crippen LogP) is 3.89. The molecule has 2 aliphatic rings. The number of piperidine rings is 1. The van der Waals surface area contributed by atoms with Gasteiger partial charge in [-0.05, 0) is 61.3 Å². The second-order valence-corrected chi connectivity index (χ2v) is 12.0. The number of nitrogens with two attached hydrogens (primary N) is 1. The van der Waals surface area contributed by atoms with E-state index in [0.717, 1.165) is 25.9 Å². The summed E-state index contributed by atoms with van der Waals surface area (Å²) in [5.74, 6) is -0.770. The van der Waals surface area contributed by atoms with Gasteiger partial charge in [-0.1, -0.05) is 42.3 Å². The van der Waals surface area contributed by atoms with Crippen LogP contribution in [-0.2, 0) is 25.0 Å². The minimum Gasteiger partial charge on any atom is -0.366 e. The van der Waals surface area contributed by atoms with E-state index in [4.69, 9.17) is 22.1 Å². The number of hydrogen-bond donors (Lipinski definition) is 1. The summed E-state index contributed by atoms with van der Waals surface area (Å²) in [5, 5.41) is 0.510. The van der Waals surface area contributed by atoms with Gasteiger partial charge in [0, 0.05) is 41.6 Å². The fourth-order valence-electron chi connectivity index (χ4n) is 4.93. The fourth-order valence-corrected chi connectivity index (χ4v) is 6.04. The minimum atomic E-state index is -3.40. The van der Waals surface area contributed by atoms with E-state index in [9.17, 15) is 13.2 Å². The van der Waals surface area contributed by atoms with Crippen molar-refractivity contribution >= 4 is 27.3 Å². The lowest BCUT2D eigenvalue weighted by atomic mass is 9.77. The van der Waals surface area contributed by atoms with Crippen LogP contribution in [0.15, 0.2) is 65.9 Å². The molecule has 1 aromatic carbocycles. The molecule has 1 saturated heterocycles. The number of pyridine rings is 1. The van der Waals surface area contributed by atoms with E-state index in [1.807, 2.05) is 30.3 Å². The number of halogens is 1. The SMILES string of the molecule is CS(=O)(=O)CC1=CC=C(C(N)=O)CC1(OCCN1CCCCC1)c1ccc(Cl)c(-c2ccccn2)c1. The lowest BCUT2D eigenvalue weighted by molar-refractivity contribution is -0.115. The van der Waals surface area contributed by atoms with Crippen LogP contribution in [0.3, 0.4) is 0 Å². The number of sulfone groups is 1. The van der Waals surface area contributed by atoms with Crippen molar-refractivity contribution in [3.8, 4) is 11.3 Å². The molecule has 192 valence electrons. The number of nitrogens with zero attached hydrogens (tertiary/aromatic N) is 2. The number of aromatic nitrogens is 1. The first-order valence-electron chi connectivity index (χ1n) is 12.1. The number of likely N-dealkylation sites (tertiary alicyclic amines) is 1. The van der Waals surface area contributed by atoms with Crippen LogP contribution in [0.4, 0.5) is 0 Å². The van der Waals surface area contributed by atoms with Crippen LogP contribution in [0.5, 0.6) is 0 Å². The van der Waals surface area contributed by atoms with E-state index in [1.165, 1.54) is 12.7 Å². The van der Waals surface area contributed by atoms with Crippen molar-refractivity contribution < 1.29 is 17.9 Å². The Labute approximate surface area is 217 Å². The molecule has 9 heteroatoms. The number of ether oxygens (including phenoxy) is 1. The first kappa shape index (κ1) is 26.5. The highest BCUT2D eigenvalue weighted by molar-refractivity contribution is 7.90. The summed E-state index contributed by atoms with van der Waals surface area (Å²) >= 11 is 6.56. The van der Waals surface area contributed by atoms with Crippen molar-refractivity contribution in [3.05, 3.63) is 76.5 Å². The Kier molecular flexibility index (Phi) is 8.30. The molecule has 2 heterocycles. The molecule has 1 fully saturated rings. The Bertz CT molecular complexity index is 1270. The molecule has 1 aliphatic carbocycles. The van der Waals surface area contributed by atoms with Crippen molar-refractivity contribution in [3.63, 3.8) is 0 Å². The summed E-state index contributed by atoms with van der Waals surface area (Å²) in [5.41, 5.74) is 7.51. The van der Waals surface area contributed by atoms with Crippen LogP contribution in [0.1, 0.15) is 31.2 Å². The third-order valence-electron chi connectivity index (χ3n) is 6.76. The highest BCUT2D eigenvalue weighted by Gasteiger charge is 2.42. The van der Waals surface area contributed by atoms with Crippen LogP contribution in [0.2, 0.25) is 5.02 Å². The Balaban J connectivity index is 1.79. The number of carbonyl (C=O) groups excluding carboxylic acids is 1. The lowest BCUT2D eigenvalue weighted by Gasteiger charge is -2.40. The Morgan fingerprint density at radius 1 is 1.17 bits per heavy atom. The van der Waals surface area contributed by atoms with Gasteiger partial charge in [0.05, 0.1) is 18.1 Å². The minimum absolute atomic E-state index is 0.132. The number of primary amides is 1. The van der Waals surface area contributed by atoms with Crippen molar-refractivity contribution in [2.24, 2.45) is 5.73 Å². The number of carbonyl (C=O) groups is 1. The molecule has 1 atom stereocenters. The normalized spacial score (nSPS) is 21.1. The first-order chi connectivity index (χ1) is 17.2. The molecule has 0 radical (unpaired) electrons. The van der Waals surface area contributed by atoms with Crippen LogP contribution in [0, 0.1) is 0 Å². The molecular formula is C27H32ClN3O4S. The second kappa shape index (κ2) is 11.3. The average molecular weight is 530 g/mol. The maximum atomic E-state index is 12.4. The van der Waals surface area contributed by atoms with Crippen molar-refractivity contribution in [2.45, 2.75) is 31.3 Å². The fraction of sp³-hybridized carbons (Fsp3) is 0.407. The van der Waals surface area contributed by atoms with Crippen molar-refractivity contribution in [2.75, 3.05) is 38.2 Å². The van der Waals surface area contributed by atoms with E-state index in [0.29, 0.717) is 46.1 Å². The van der Waals surface area contributed by atoms with Gasteiger partial charge in [0.15, 0.2) is 9.84 Å². The van der Waals surface area contributed by atoms with Gasteiger partial charge in [0.1, 0.15) is 5.60 Å². The molecule has 2 aromatic rings. The molecule has 1 aliphatic heterocycles. The van der Waals surface area contributed by atoms with Crippen LogP contribution < -0.4 is 5.73 Å². The number of rotatable bonds is 9. The number of allylic oxidation sites excluding steroid dienone is 2. The largest absolute Gasteiger partial charge is 0.366 e. The van der Waals surface area contributed by atoms with Crippen molar-refractivity contribution in [1.82, 2.24) is 9.88 Å². The molecule has 7 nitrogen and oxygen atoms in total. The van der Waals surface area contributed by atoms with Gasteiger partial charge in [-0.3, -0.25) is 9.78 Å². The standard InChI is InChI=1S/C27H32ClN3O4S/c1-36(33,34)19-22-9-8-20(26(29)32)18-27(22,35-16-15-31-13-5-2-6-14-31)21-10-11-24(28)23(17-21)25-7-3-4-12-30-25/h3-4,7-12,17H,2,5-6,13-16,18-19H2,1H3,(H2,29,32). The smallest absolute Gasteiger partial charge is 0.244 e. The predicted molar refractivity (Wildman–Crippen MR) is 142 cm³/mol. The molecular weight excluding hydrogens is 498 g/mol. The van der Waals surface area contributed by atoms with E-state index in [2.05, 4.69) is 9.88 Å². The molecule has 0 spiro atoms. The number of benzene rings is 1. The maximum absolute atomic E-state index is 12.4. The third kappa shape index (κ3) is 6.24. The van der Waals surface area contributed by atoms with Crippen molar-refractivity contribution in [1.29, 1.82) is 0 Å².